The lowest BCUT2D eigenvalue weighted by Crippen LogP contribution is -2.45. The Kier molecular flexibility index (Phi) is 4.79. The van der Waals surface area contributed by atoms with Gasteiger partial charge in [-0.3, -0.25) is 4.90 Å². The van der Waals surface area contributed by atoms with Crippen molar-refractivity contribution in [1.29, 1.82) is 0 Å². The maximum absolute atomic E-state index is 13.1. The number of anilines is 1. The van der Waals surface area contributed by atoms with Gasteiger partial charge in [0.1, 0.15) is 10.3 Å². The van der Waals surface area contributed by atoms with Crippen LogP contribution in [-0.2, 0) is 14.6 Å². The van der Waals surface area contributed by atoms with Crippen LogP contribution in [0.25, 0.3) is 11.3 Å². The second kappa shape index (κ2) is 6.84. The number of nitrogens with zero attached hydrogens (tertiary/aromatic N) is 3. The molecule has 1 atom stereocenters. The smallest absolute Gasteiger partial charge is 0.220 e. The maximum Gasteiger partial charge on any atom is 0.220 e. The summed E-state index contributed by atoms with van der Waals surface area (Å²) in [5, 5.41) is -0.684. The van der Waals surface area contributed by atoms with Crippen molar-refractivity contribution >= 4 is 15.8 Å². The molecule has 128 valence electrons. The average Bonchev–Trinajstić information content (AvgIpc) is 2.62. The third-order valence-corrected chi connectivity index (χ3v) is 6.24. The Hall–Kier alpha value is -2.03. The SMILES string of the molecule is CC(N1CCOCC1)S(=O)(=O)c1cnc(N)nc1-c1ccccc1. The topological polar surface area (TPSA) is 98.4 Å². The van der Waals surface area contributed by atoms with Crippen molar-refractivity contribution in [2.45, 2.75) is 17.2 Å². The van der Waals surface area contributed by atoms with Gasteiger partial charge >= 0.3 is 0 Å². The summed E-state index contributed by atoms with van der Waals surface area (Å²) in [6, 6.07) is 9.13. The number of hydrogen-bond donors (Lipinski definition) is 1. The Morgan fingerprint density at radius 3 is 2.54 bits per heavy atom. The highest BCUT2D eigenvalue weighted by molar-refractivity contribution is 7.92. The highest BCUT2D eigenvalue weighted by Gasteiger charge is 2.33. The Morgan fingerprint density at radius 2 is 1.88 bits per heavy atom. The van der Waals surface area contributed by atoms with Crippen molar-refractivity contribution < 1.29 is 13.2 Å². The normalized spacial score (nSPS) is 17.5. The molecule has 0 spiro atoms. The van der Waals surface area contributed by atoms with Crippen LogP contribution in [0, 0.1) is 0 Å². The number of hydrogen-bond acceptors (Lipinski definition) is 7. The van der Waals surface area contributed by atoms with Gasteiger partial charge in [-0.05, 0) is 6.92 Å². The minimum Gasteiger partial charge on any atom is -0.379 e. The highest BCUT2D eigenvalue weighted by atomic mass is 32.2. The fraction of sp³-hybridized carbons (Fsp3) is 0.375. The summed E-state index contributed by atoms with van der Waals surface area (Å²) >= 11 is 0. The first-order chi connectivity index (χ1) is 11.5. The van der Waals surface area contributed by atoms with Crippen molar-refractivity contribution in [1.82, 2.24) is 14.9 Å². The molecule has 1 aliphatic rings. The van der Waals surface area contributed by atoms with Crippen LogP contribution in [0.5, 0.6) is 0 Å². The predicted octanol–water partition coefficient (Wildman–Crippen LogP) is 1.18. The van der Waals surface area contributed by atoms with Crippen LogP contribution in [0.4, 0.5) is 5.95 Å². The monoisotopic (exact) mass is 348 g/mol. The van der Waals surface area contributed by atoms with Gasteiger partial charge in [-0.25, -0.2) is 18.4 Å². The van der Waals surface area contributed by atoms with Gasteiger partial charge in [0.2, 0.25) is 5.95 Å². The number of nitrogens with two attached hydrogens (primary N) is 1. The molecular weight excluding hydrogens is 328 g/mol. The number of aromatic nitrogens is 2. The van der Waals surface area contributed by atoms with Gasteiger partial charge in [-0.15, -0.1) is 0 Å². The predicted molar refractivity (Wildman–Crippen MR) is 90.9 cm³/mol. The zero-order valence-corrected chi connectivity index (χ0v) is 14.2. The minimum atomic E-state index is -3.64. The molecule has 3 rings (SSSR count). The molecule has 1 aliphatic heterocycles. The zero-order valence-electron chi connectivity index (χ0n) is 13.4. The Bertz CT molecular complexity index is 805. The van der Waals surface area contributed by atoms with Gasteiger partial charge < -0.3 is 10.5 Å². The molecule has 7 nitrogen and oxygen atoms in total. The van der Waals surface area contributed by atoms with Gasteiger partial charge in [0.25, 0.3) is 0 Å². The molecule has 8 heteroatoms. The summed E-state index contributed by atoms with van der Waals surface area (Å²) in [6.45, 7) is 3.91. The van der Waals surface area contributed by atoms with E-state index in [4.69, 9.17) is 10.5 Å². The summed E-state index contributed by atoms with van der Waals surface area (Å²) in [4.78, 5) is 10.1. The van der Waals surface area contributed by atoms with Crippen LogP contribution >= 0.6 is 0 Å². The summed E-state index contributed by atoms with van der Waals surface area (Å²) in [5.74, 6) is 0.0480. The summed E-state index contributed by atoms with van der Waals surface area (Å²) in [5.41, 5.74) is 6.71. The van der Waals surface area contributed by atoms with E-state index in [0.29, 0.717) is 37.6 Å². The van der Waals surface area contributed by atoms with Crippen LogP contribution in [0.3, 0.4) is 0 Å². The number of benzene rings is 1. The Labute approximate surface area is 141 Å². The Balaban J connectivity index is 2.04. The van der Waals surface area contributed by atoms with Crippen molar-refractivity contribution in [3.63, 3.8) is 0 Å². The van der Waals surface area contributed by atoms with E-state index in [1.165, 1.54) is 6.20 Å². The van der Waals surface area contributed by atoms with Crippen LogP contribution in [-0.4, -0.2) is 55.0 Å². The molecule has 1 fully saturated rings. The van der Waals surface area contributed by atoms with Crippen LogP contribution in [0.1, 0.15) is 6.92 Å². The van der Waals surface area contributed by atoms with E-state index in [0.717, 1.165) is 0 Å². The summed E-state index contributed by atoms with van der Waals surface area (Å²) in [6.07, 6.45) is 1.30. The lowest BCUT2D eigenvalue weighted by atomic mass is 10.1. The molecule has 0 bridgehead atoms. The van der Waals surface area contributed by atoms with Crippen molar-refractivity contribution in [3.05, 3.63) is 36.5 Å². The molecule has 2 aromatic rings. The number of morpholine rings is 1. The Morgan fingerprint density at radius 1 is 1.21 bits per heavy atom. The quantitative estimate of drug-likeness (QED) is 0.886. The number of ether oxygens (including phenoxy) is 1. The molecular formula is C16H20N4O3S. The maximum atomic E-state index is 13.1. The largest absolute Gasteiger partial charge is 0.379 e. The number of nitrogen functional groups attached to an aromatic ring is 1. The third-order valence-electron chi connectivity index (χ3n) is 4.14. The van der Waals surface area contributed by atoms with Gasteiger partial charge in [0.05, 0.1) is 25.1 Å². The average molecular weight is 348 g/mol. The van der Waals surface area contributed by atoms with Crippen molar-refractivity contribution in [2.24, 2.45) is 0 Å². The lowest BCUT2D eigenvalue weighted by molar-refractivity contribution is 0.0337. The fourth-order valence-corrected chi connectivity index (χ4v) is 4.32. The molecule has 1 aromatic carbocycles. The molecule has 2 N–H and O–H groups in total. The highest BCUT2D eigenvalue weighted by Crippen LogP contribution is 2.29. The first kappa shape index (κ1) is 16.8. The van der Waals surface area contributed by atoms with Crippen molar-refractivity contribution in [2.75, 3.05) is 32.0 Å². The second-order valence-electron chi connectivity index (χ2n) is 5.60. The second-order valence-corrected chi connectivity index (χ2v) is 7.81. The molecule has 0 radical (unpaired) electrons. The zero-order chi connectivity index (χ0) is 17.2. The minimum absolute atomic E-state index is 0.0480. The molecule has 1 unspecified atom stereocenters. The van der Waals surface area contributed by atoms with Gasteiger partial charge in [0, 0.05) is 18.7 Å². The van der Waals surface area contributed by atoms with Crippen LogP contribution in [0.2, 0.25) is 0 Å². The molecule has 1 aromatic heterocycles. The molecule has 24 heavy (non-hydrogen) atoms. The first-order valence-electron chi connectivity index (χ1n) is 7.74. The molecule has 2 heterocycles. The summed E-state index contributed by atoms with van der Waals surface area (Å²) in [7, 11) is -3.64. The molecule has 0 saturated carbocycles. The lowest BCUT2D eigenvalue weighted by Gasteiger charge is -2.32. The molecule has 0 aliphatic carbocycles. The van der Waals surface area contributed by atoms with E-state index >= 15 is 0 Å². The van der Waals surface area contributed by atoms with Gasteiger partial charge in [-0.1, -0.05) is 30.3 Å². The fourth-order valence-electron chi connectivity index (χ4n) is 2.72. The van der Waals surface area contributed by atoms with Gasteiger partial charge in [0.15, 0.2) is 9.84 Å². The van der Waals surface area contributed by atoms with E-state index in [2.05, 4.69) is 9.97 Å². The van der Waals surface area contributed by atoms with E-state index in [1.807, 2.05) is 23.1 Å². The van der Waals surface area contributed by atoms with Gasteiger partial charge in [-0.2, -0.15) is 0 Å². The van der Waals surface area contributed by atoms with E-state index < -0.39 is 15.2 Å². The van der Waals surface area contributed by atoms with Crippen molar-refractivity contribution in [3.8, 4) is 11.3 Å². The standard InChI is InChI=1S/C16H20N4O3S/c1-12(20-7-9-23-10-8-20)24(21,22)14-11-18-16(17)19-15(14)13-5-3-2-4-6-13/h2-6,11-12H,7-10H2,1H3,(H2,17,18,19). The first-order valence-corrected chi connectivity index (χ1v) is 9.28. The van der Waals surface area contributed by atoms with Crippen LogP contribution in [0.15, 0.2) is 41.4 Å². The van der Waals surface area contributed by atoms with E-state index in [9.17, 15) is 8.42 Å². The summed E-state index contributed by atoms with van der Waals surface area (Å²) < 4.78 is 31.6. The molecule has 1 saturated heterocycles. The number of rotatable bonds is 4. The van der Waals surface area contributed by atoms with Crippen LogP contribution < -0.4 is 5.73 Å². The van der Waals surface area contributed by atoms with E-state index in [1.54, 1.807) is 19.1 Å². The van der Waals surface area contributed by atoms with E-state index in [-0.39, 0.29) is 10.8 Å². The third kappa shape index (κ3) is 3.26. The molecule has 0 amide bonds. The number of sulfone groups is 1.